The van der Waals surface area contributed by atoms with Crippen LogP contribution in [0.4, 0.5) is 38.0 Å². The van der Waals surface area contributed by atoms with Crippen LogP contribution in [-0.4, -0.2) is 19.6 Å². The summed E-state index contributed by atoms with van der Waals surface area (Å²) in [5.74, 6) is 0.223. The quantitative estimate of drug-likeness (QED) is 0.206. The number of alkyl halides is 6. The molecule has 2 heterocycles. The SMILES string of the molecule is N#Cc1cc(N)n(-c2c(Cl)cc(C(F)(F)F)cc2Cl)n1.Nc1cc(Br)nn1-c1c(Cl)cc(C(F)(F)F)cc1Cl. The van der Waals surface area contributed by atoms with Gasteiger partial charge in [0.1, 0.15) is 33.7 Å². The highest BCUT2D eigenvalue weighted by Gasteiger charge is 2.33. The zero-order valence-corrected chi connectivity index (χ0v) is 23.1. The molecule has 0 atom stereocenters. The number of rotatable bonds is 2. The Morgan fingerprint density at radius 2 is 1.05 bits per heavy atom. The second-order valence-electron chi connectivity index (χ2n) is 7.35. The van der Waals surface area contributed by atoms with Crippen molar-refractivity contribution in [3.05, 3.63) is 77.9 Å². The van der Waals surface area contributed by atoms with Crippen LogP contribution in [0.25, 0.3) is 11.4 Å². The van der Waals surface area contributed by atoms with Gasteiger partial charge in [0.25, 0.3) is 0 Å². The monoisotopic (exact) mass is 693 g/mol. The summed E-state index contributed by atoms with van der Waals surface area (Å²) in [6.07, 6.45) is -9.10. The molecule has 0 bridgehead atoms. The smallest absolute Gasteiger partial charge is 0.384 e. The molecule has 0 aliphatic rings. The summed E-state index contributed by atoms with van der Waals surface area (Å²) in [5, 5.41) is 15.5. The van der Waals surface area contributed by atoms with Crippen LogP contribution in [0.3, 0.4) is 0 Å². The Balaban J connectivity index is 0.000000216. The van der Waals surface area contributed by atoms with Crippen molar-refractivity contribution in [3.8, 4) is 17.4 Å². The van der Waals surface area contributed by atoms with Crippen molar-refractivity contribution >= 4 is 74.0 Å². The molecule has 0 aliphatic heterocycles. The van der Waals surface area contributed by atoms with Crippen LogP contribution in [0.1, 0.15) is 16.8 Å². The average Bonchev–Trinajstić information content (AvgIpc) is 3.33. The normalized spacial score (nSPS) is 11.6. The van der Waals surface area contributed by atoms with E-state index in [1.807, 2.05) is 0 Å². The highest BCUT2D eigenvalue weighted by Crippen LogP contribution is 2.39. The van der Waals surface area contributed by atoms with Gasteiger partial charge in [-0.2, -0.15) is 41.8 Å². The van der Waals surface area contributed by atoms with E-state index >= 15 is 0 Å². The first kappa shape index (κ1) is 30.7. The third-order valence-electron chi connectivity index (χ3n) is 4.67. The number of anilines is 2. The highest BCUT2D eigenvalue weighted by molar-refractivity contribution is 9.10. The van der Waals surface area contributed by atoms with Gasteiger partial charge in [-0.05, 0) is 40.2 Å². The molecule has 0 spiro atoms. The van der Waals surface area contributed by atoms with Gasteiger partial charge in [-0.1, -0.05) is 46.4 Å². The van der Waals surface area contributed by atoms with Gasteiger partial charge in [0.05, 0.1) is 31.2 Å². The van der Waals surface area contributed by atoms with Crippen LogP contribution in [0, 0.1) is 11.3 Å². The zero-order chi connectivity index (χ0) is 29.4. The van der Waals surface area contributed by atoms with Gasteiger partial charge in [-0.3, -0.25) is 0 Å². The molecule has 0 aliphatic carbocycles. The molecule has 0 radical (unpaired) electrons. The summed E-state index contributed by atoms with van der Waals surface area (Å²) in [6.45, 7) is 0. The number of hydrogen-bond acceptors (Lipinski definition) is 5. The average molecular weight is 696 g/mol. The summed E-state index contributed by atoms with van der Waals surface area (Å²) in [7, 11) is 0. The Labute approximate surface area is 243 Å². The highest BCUT2D eigenvalue weighted by atomic mass is 79.9. The molecule has 0 saturated heterocycles. The van der Waals surface area contributed by atoms with Crippen molar-refractivity contribution < 1.29 is 26.3 Å². The first-order chi connectivity index (χ1) is 17.9. The molecule has 2 aromatic carbocycles. The molecule has 4 aromatic rings. The molecule has 0 saturated carbocycles. The third kappa shape index (κ3) is 6.85. The Morgan fingerprint density at radius 1 is 0.692 bits per heavy atom. The van der Waals surface area contributed by atoms with E-state index in [-0.39, 0.29) is 48.8 Å². The second kappa shape index (κ2) is 11.3. The minimum Gasteiger partial charge on any atom is -0.384 e. The largest absolute Gasteiger partial charge is 0.416 e. The lowest BCUT2D eigenvalue weighted by Gasteiger charge is -2.13. The van der Waals surface area contributed by atoms with E-state index in [2.05, 4.69) is 26.1 Å². The minimum absolute atomic E-state index is 0.00506. The Hall–Kier alpha value is -2.83. The lowest BCUT2D eigenvalue weighted by Crippen LogP contribution is -2.08. The predicted molar refractivity (Wildman–Crippen MR) is 138 cm³/mol. The number of nitrogens with two attached hydrogens (primary N) is 2. The van der Waals surface area contributed by atoms with Gasteiger partial charge < -0.3 is 11.5 Å². The summed E-state index contributed by atoms with van der Waals surface area (Å²) in [4.78, 5) is 0. The molecular formula is C21H10BrCl4F6N7. The van der Waals surface area contributed by atoms with E-state index < -0.39 is 23.5 Å². The fourth-order valence-corrected chi connectivity index (χ4v) is 4.72. The fraction of sp³-hybridized carbons (Fsp3) is 0.0952. The molecule has 2 aromatic heterocycles. The van der Waals surface area contributed by atoms with Gasteiger partial charge in [-0.25, -0.2) is 9.36 Å². The lowest BCUT2D eigenvalue weighted by molar-refractivity contribution is -0.138. The Kier molecular flexibility index (Phi) is 8.93. The first-order valence-electron chi connectivity index (χ1n) is 9.84. The molecule has 39 heavy (non-hydrogen) atoms. The van der Waals surface area contributed by atoms with Crippen molar-refractivity contribution in [1.82, 2.24) is 19.6 Å². The van der Waals surface area contributed by atoms with Gasteiger partial charge in [0, 0.05) is 12.1 Å². The second-order valence-corrected chi connectivity index (χ2v) is 9.80. The number of halogens is 11. The summed E-state index contributed by atoms with van der Waals surface area (Å²) in [5.41, 5.74) is 9.45. The predicted octanol–water partition coefficient (Wildman–Crippen LogP) is 8.19. The van der Waals surface area contributed by atoms with Crippen molar-refractivity contribution in [3.63, 3.8) is 0 Å². The van der Waals surface area contributed by atoms with Crippen LogP contribution in [0.5, 0.6) is 0 Å². The van der Waals surface area contributed by atoms with E-state index in [0.717, 1.165) is 33.6 Å². The molecule has 0 fully saturated rings. The van der Waals surface area contributed by atoms with Gasteiger partial charge in [0.15, 0.2) is 5.69 Å². The fourth-order valence-electron chi connectivity index (χ4n) is 3.04. The summed E-state index contributed by atoms with van der Waals surface area (Å²) in [6, 6.07) is 7.47. The number of nitrogens with zero attached hydrogens (tertiary/aromatic N) is 5. The molecule has 206 valence electrons. The maximum Gasteiger partial charge on any atom is 0.416 e. The lowest BCUT2D eigenvalue weighted by atomic mass is 10.2. The molecule has 4 rings (SSSR count). The molecule has 7 nitrogen and oxygen atoms in total. The standard InChI is InChI=1S/C11H5Cl2F3N4.C10H5BrCl2F3N3/c12-7-1-5(11(14,15)16)2-8(13)10(7)20-9(18)3-6(4-17)19-20;11-7-3-8(17)19(18-7)9-5(12)1-4(2-6(9)13)10(14,15)16/h1-3H,18H2;1-3H,17H2. The molecule has 4 N–H and O–H groups in total. The van der Waals surface area contributed by atoms with E-state index in [9.17, 15) is 26.3 Å². The van der Waals surface area contributed by atoms with E-state index in [1.54, 1.807) is 6.07 Å². The molecule has 0 unspecified atom stereocenters. The summed E-state index contributed by atoms with van der Waals surface area (Å²) >= 11 is 26.4. The van der Waals surface area contributed by atoms with Gasteiger partial charge in [-0.15, -0.1) is 0 Å². The van der Waals surface area contributed by atoms with Crippen LogP contribution in [-0.2, 0) is 12.4 Å². The number of benzene rings is 2. The summed E-state index contributed by atoms with van der Waals surface area (Å²) < 4.78 is 78.2. The van der Waals surface area contributed by atoms with Gasteiger partial charge >= 0.3 is 12.4 Å². The zero-order valence-electron chi connectivity index (χ0n) is 18.5. The Bertz CT molecular complexity index is 1550. The maximum absolute atomic E-state index is 12.6. The van der Waals surface area contributed by atoms with Crippen molar-refractivity contribution in [2.75, 3.05) is 11.5 Å². The molecule has 0 amide bonds. The maximum atomic E-state index is 12.6. The molecule has 18 heteroatoms. The van der Waals surface area contributed by atoms with Crippen molar-refractivity contribution in [2.24, 2.45) is 0 Å². The van der Waals surface area contributed by atoms with E-state index in [4.69, 9.17) is 63.1 Å². The number of aromatic nitrogens is 4. The first-order valence-corrected chi connectivity index (χ1v) is 12.1. The van der Waals surface area contributed by atoms with Crippen molar-refractivity contribution in [2.45, 2.75) is 12.4 Å². The number of hydrogen-bond donors (Lipinski definition) is 2. The third-order valence-corrected chi connectivity index (χ3v) is 6.21. The Morgan fingerprint density at radius 3 is 1.33 bits per heavy atom. The van der Waals surface area contributed by atoms with E-state index in [1.165, 1.54) is 12.1 Å². The molecular weight excluding hydrogens is 686 g/mol. The van der Waals surface area contributed by atoms with Crippen molar-refractivity contribution in [1.29, 1.82) is 5.26 Å². The number of nitrogen functional groups attached to an aromatic ring is 2. The van der Waals surface area contributed by atoms with Gasteiger partial charge in [0.2, 0.25) is 0 Å². The van der Waals surface area contributed by atoms with Crippen LogP contribution in [0.2, 0.25) is 20.1 Å². The minimum atomic E-state index is -4.57. The van der Waals surface area contributed by atoms with Crippen LogP contribution in [0.15, 0.2) is 41.0 Å². The van der Waals surface area contributed by atoms with Crippen LogP contribution >= 0.6 is 62.3 Å². The van der Waals surface area contributed by atoms with Crippen LogP contribution < -0.4 is 11.5 Å². The van der Waals surface area contributed by atoms with E-state index in [0.29, 0.717) is 4.60 Å². The topological polar surface area (TPSA) is 111 Å². The number of nitriles is 1.